The lowest BCUT2D eigenvalue weighted by Crippen LogP contribution is -2.32. The van der Waals surface area contributed by atoms with Gasteiger partial charge in [-0.15, -0.1) is 0 Å². The van der Waals surface area contributed by atoms with E-state index in [0.29, 0.717) is 17.5 Å². The van der Waals surface area contributed by atoms with E-state index < -0.39 is 67.5 Å². The van der Waals surface area contributed by atoms with Crippen molar-refractivity contribution in [3.05, 3.63) is 97.1 Å². The van der Waals surface area contributed by atoms with E-state index in [1.807, 2.05) is 6.07 Å². The molecule has 0 aliphatic carbocycles. The van der Waals surface area contributed by atoms with Gasteiger partial charge in [0.05, 0.1) is 44.0 Å². The number of alkyl halides is 2. The minimum absolute atomic E-state index is 0.0355. The van der Waals surface area contributed by atoms with Gasteiger partial charge in [-0.2, -0.15) is 5.26 Å². The molecule has 2 saturated heterocycles. The maximum atomic E-state index is 16.7. The van der Waals surface area contributed by atoms with E-state index >= 15 is 8.78 Å². The van der Waals surface area contributed by atoms with Crippen molar-refractivity contribution in [2.75, 3.05) is 23.4 Å². The molecule has 6 heterocycles. The molecule has 2 fully saturated rings. The van der Waals surface area contributed by atoms with Crippen LogP contribution in [0.1, 0.15) is 59.4 Å². The third-order valence-electron chi connectivity index (χ3n) is 10.2. The van der Waals surface area contributed by atoms with Gasteiger partial charge >= 0.3 is 0 Å². The lowest BCUT2D eigenvalue weighted by atomic mass is 10.1. The number of hydrogen-bond acceptors (Lipinski definition) is 15. The van der Waals surface area contributed by atoms with Gasteiger partial charge in [0.1, 0.15) is 24.9 Å². The molecular weight excluding hydrogens is 836 g/mol. The normalized spacial score (nSPS) is 24.7. The molecule has 2 aliphatic rings. The first-order valence-electron chi connectivity index (χ1n) is 19.2. The van der Waals surface area contributed by atoms with E-state index in [-0.39, 0.29) is 59.6 Å². The first kappa shape index (κ1) is 42.0. The standard InChI is InChI=1S/C39H38F2N11O7PS/c1-2-24-31(27(41)39(57-24)52-21-48-29-33(44-19-46-35(29)52)50-37(55)23-12-7-4-8-13-23)59-60(61,56-16-9-15-42)17-14-25-30(53)26(40)38(58-25)51-20-47-28-32(43-18-45-34(28)51)49-36(54)22-10-5-3-6-11-22/h3-8,10-13,18-21,24-27,30-31,38-39,53H,2,9,14,16-17H2,1H3,(H,43,45,49,54)(H,44,46,50,55)/t24-,25-,26-,27-,30-,31-,38?,39?,60?/m1/s1. The number of carbonyl (C=O) groups excluding carboxylic acids is 2. The summed E-state index contributed by atoms with van der Waals surface area (Å²) in [5.74, 6) is -0.644. The first-order chi connectivity index (χ1) is 29.6. The largest absolute Gasteiger partial charge is 0.387 e. The Labute approximate surface area is 351 Å². The summed E-state index contributed by atoms with van der Waals surface area (Å²) < 4.78 is 59.9. The van der Waals surface area contributed by atoms with E-state index in [4.69, 9.17) is 30.3 Å². The number of nitrogens with one attached hydrogen (secondary N) is 2. The summed E-state index contributed by atoms with van der Waals surface area (Å²) in [4.78, 5) is 51.3. The van der Waals surface area contributed by atoms with Crippen molar-refractivity contribution in [2.24, 2.45) is 0 Å². The summed E-state index contributed by atoms with van der Waals surface area (Å²) in [6, 6.07) is 19.0. The van der Waals surface area contributed by atoms with Crippen molar-refractivity contribution >= 4 is 64.1 Å². The van der Waals surface area contributed by atoms with Crippen molar-refractivity contribution in [2.45, 2.75) is 75.4 Å². The van der Waals surface area contributed by atoms with Crippen LogP contribution in [0.5, 0.6) is 0 Å². The minimum atomic E-state index is -3.48. The fourth-order valence-corrected chi connectivity index (χ4v) is 9.88. The summed E-state index contributed by atoms with van der Waals surface area (Å²) in [5.41, 5.74) is 1.50. The van der Waals surface area contributed by atoms with Crippen LogP contribution in [0.15, 0.2) is 86.0 Å². The van der Waals surface area contributed by atoms with E-state index in [9.17, 15) is 20.0 Å². The summed E-state index contributed by atoms with van der Waals surface area (Å²) in [6.07, 6.45) is -6.07. The van der Waals surface area contributed by atoms with Crippen LogP contribution in [0.3, 0.4) is 0 Å². The molecule has 6 aromatic rings. The Kier molecular flexibility index (Phi) is 12.5. The SMILES string of the molecule is CC[C@H]1OC(n2cnc3c(NC(=O)c4ccccc4)ncnc32)[C@H](F)[C@@H]1OP(=S)(CC[C@H]1OC(n2cnc3c(NC(=O)c4ccccc4)ncnc32)[C@H](F)[C@@H]1O)OCCC#N. The number of carbonyl (C=O) groups is 2. The molecule has 2 aliphatic heterocycles. The Bertz CT molecular complexity index is 2620. The van der Waals surface area contributed by atoms with Gasteiger partial charge in [0.2, 0.25) is 0 Å². The van der Waals surface area contributed by atoms with Crippen LogP contribution in [0, 0.1) is 11.3 Å². The average molecular weight is 874 g/mol. The predicted octanol–water partition coefficient (Wildman–Crippen LogP) is 5.43. The maximum absolute atomic E-state index is 16.7. The van der Waals surface area contributed by atoms with Crippen LogP contribution < -0.4 is 10.6 Å². The number of benzene rings is 2. The van der Waals surface area contributed by atoms with E-state index in [1.165, 1.54) is 34.4 Å². The Morgan fingerprint density at radius 3 is 1.89 bits per heavy atom. The highest BCUT2D eigenvalue weighted by Crippen LogP contribution is 2.55. The first-order valence-corrected chi connectivity index (χ1v) is 22.1. The molecule has 2 amide bonds. The summed E-state index contributed by atoms with van der Waals surface area (Å²) in [6.45, 7) is -1.81. The van der Waals surface area contributed by atoms with Crippen LogP contribution in [0.4, 0.5) is 20.4 Å². The second kappa shape index (κ2) is 18.1. The molecular formula is C39H38F2N11O7PS. The Hall–Kier alpha value is -5.72. The van der Waals surface area contributed by atoms with Crippen LogP contribution in [0.2, 0.25) is 0 Å². The number of fused-ring (bicyclic) bond motifs is 2. The van der Waals surface area contributed by atoms with Gasteiger partial charge in [0, 0.05) is 17.3 Å². The van der Waals surface area contributed by atoms with Gasteiger partial charge < -0.3 is 34.3 Å². The second-order valence-corrected chi connectivity index (χ2v) is 17.9. The number of nitrogens with zero attached hydrogens (tertiary/aromatic N) is 9. The van der Waals surface area contributed by atoms with Gasteiger partial charge in [-0.3, -0.25) is 18.7 Å². The fraction of sp³-hybridized carbons (Fsp3) is 0.359. The average Bonchev–Trinajstić information content (AvgIpc) is 4.05. The molecule has 8 rings (SSSR count). The highest BCUT2D eigenvalue weighted by atomic mass is 32.5. The predicted molar refractivity (Wildman–Crippen MR) is 218 cm³/mol. The number of aromatic nitrogens is 8. The minimum Gasteiger partial charge on any atom is -0.387 e. The van der Waals surface area contributed by atoms with Gasteiger partial charge in [0.25, 0.3) is 11.8 Å². The molecule has 3 unspecified atom stereocenters. The molecule has 316 valence electrons. The second-order valence-electron chi connectivity index (χ2n) is 14.1. The number of imidazole rings is 2. The van der Waals surface area contributed by atoms with Crippen molar-refractivity contribution in [3.8, 4) is 6.07 Å². The van der Waals surface area contributed by atoms with E-state index in [1.54, 1.807) is 67.6 Å². The molecule has 3 N–H and O–H groups in total. The highest BCUT2D eigenvalue weighted by molar-refractivity contribution is 8.09. The van der Waals surface area contributed by atoms with E-state index in [0.717, 1.165) is 0 Å². The van der Waals surface area contributed by atoms with Crippen molar-refractivity contribution in [3.63, 3.8) is 0 Å². The molecule has 22 heteroatoms. The molecule has 4 aromatic heterocycles. The number of aliphatic hydroxyl groups excluding tert-OH is 1. The molecule has 0 spiro atoms. The number of aliphatic hydroxyl groups is 1. The van der Waals surface area contributed by atoms with E-state index in [2.05, 4.69) is 40.5 Å². The number of amides is 2. The molecule has 9 atom stereocenters. The highest BCUT2D eigenvalue weighted by Gasteiger charge is 2.50. The molecule has 0 radical (unpaired) electrons. The smallest absolute Gasteiger partial charge is 0.256 e. The fourth-order valence-electron chi connectivity index (χ4n) is 7.19. The third kappa shape index (κ3) is 8.61. The van der Waals surface area contributed by atoms with Crippen LogP contribution in [-0.2, 0) is 30.3 Å². The van der Waals surface area contributed by atoms with Gasteiger partial charge in [0.15, 0.2) is 65.3 Å². The Balaban J connectivity index is 0.971. The lowest BCUT2D eigenvalue weighted by Gasteiger charge is -2.29. The molecule has 61 heavy (non-hydrogen) atoms. The quantitative estimate of drug-likeness (QED) is 0.0864. The summed E-state index contributed by atoms with van der Waals surface area (Å²) >= 11 is 5.94. The maximum Gasteiger partial charge on any atom is 0.256 e. The lowest BCUT2D eigenvalue weighted by molar-refractivity contribution is -0.0251. The van der Waals surface area contributed by atoms with Gasteiger partial charge in [-0.25, -0.2) is 38.7 Å². The van der Waals surface area contributed by atoms with Crippen molar-refractivity contribution in [1.29, 1.82) is 5.26 Å². The van der Waals surface area contributed by atoms with Crippen LogP contribution >= 0.6 is 6.49 Å². The Morgan fingerprint density at radius 2 is 1.36 bits per heavy atom. The number of anilines is 2. The van der Waals surface area contributed by atoms with Gasteiger partial charge in [-0.05, 0) is 48.9 Å². The summed E-state index contributed by atoms with van der Waals surface area (Å²) in [7, 11) is 0. The molecule has 2 aromatic carbocycles. The number of nitriles is 1. The number of halogens is 2. The summed E-state index contributed by atoms with van der Waals surface area (Å²) in [5, 5.41) is 25.7. The topological polar surface area (TPSA) is 226 Å². The number of rotatable bonds is 15. The zero-order valence-corrected chi connectivity index (χ0v) is 34.0. The van der Waals surface area contributed by atoms with Crippen molar-refractivity contribution < 1.29 is 42.0 Å². The monoisotopic (exact) mass is 873 g/mol. The van der Waals surface area contributed by atoms with Crippen molar-refractivity contribution in [1.82, 2.24) is 39.0 Å². The zero-order chi connectivity index (χ0) is 42.7. The molecule has 0 saturated carbocycles. The van der Waals surface area contributed by atoms with Crippen LogP contribution in [0.25, 0.3) is 22.3 Å². The van der Waals surface area contributed by atoms with Gasteiger partial charge in [-0.1, -0.05) is 43.3 Å². The number of ether oxygens (including phenoxy) is 2. The molecule has 18 nitrogen and oxygen atoms in total. The molecule has 0 bridgehead atoms. The zero-order valence-electron chi connectivity index (χ0n) is 32.3. The number of hydrogen-bond donors (Lipinski definition) is 3. The van der Waals surface area contributed by atoms with Crippen LogP contribution in [-0.4, -0.2) is 105 Å². The third-order valence-corrected chi connectivity index (χ3v) is 13.3. The Morgan fingerprint density at radius 1 is 0.836 bits per heavy atom.